The summed E-state index contributed by atoms with van der Waals surface area (Å²) in [7, 11) is 0. The molecule has 6 heteroatoms. The van der Waals surface area contributed by atoms with Crippen molar-refractivity contribution in [3.8, 4) is 0 Å². The highest BCUT2D eigenvalue weighted by molar-refractivity contribution is 6.17. The third-order valence-electron chi connectivity index (χ3n) is 1.44. The number of rotatable bonds is 1. The van der Waals surface area contributed by atoms with Crippen LogP contribution < -0.4 is 5.84 Å². The Morgan fingerprint density at radius 2 is 1.79 bits per heavy atom. The van der Waals surface area contributed by atoms with E-state index in [9.17, 15) is 9.59 Å². The highest BCUT2D eigenvalue weighted by Crippen LogP contribution is 2.21. The van der Waals surface area contributed by atoms with Crippen LogP contribution in [0.3, 0.4) is 0 Å². The molecule has 76 valence electrons. The maximum atomic E-state index is 11.2. The first-order valence-corrected chi connectivity index (χ1v) is 3.86. The minimum atomic E-state index is -1.22. The van der Waals surface area contributed by atoms with E-state index in [4.69, 9.17) is 15.3 Å². The number of ether oxygens (including phenoxy) is 2. The number of cyclic esters (lactones) is 2. The van der Waals surface area contributed by atoms with Crippen LogP contribution in [0.4, 0.5) is 0 Å². The summed E-state index contributed by atoms with van der Waals surface area (Å²) in [6, 6.07) is 0. The molecule has 0 spiro atoms. The molecule has 1 fully saturated rings. The summed E-state index contributed by atoms with van der Waals surface area (Å²) < 4.78 is 9.60. The van der Waals surface area contributed by atoms with Crippen LogP contribution in [0, 0.1) is 0 Å². The largest absolute Gasteiger partial charge is 0.419 e. The van der Waals surface area contributed by atoms with Crippen molar-refractivity contribution >= 4 is 18.2 Å². The lowest BCUT2D eigenvalue weighted by Gasteiger charge is -2.29. The molecule has 2 N–H and O–H groups in total. The minimum Gasteiger partial charge on any atom is -0.419 e. The van der Waals surface area contributed by atoms with Gasteiger partial charge in [-0.3, -0.25) is 0 Å². The summed E-state index contributed by atoms with van der Waals surface area (Å²) in [4.78, 5) is 22.5. The van der Waals surface area contributed by atoms with Crippen LogP contribution in [-0.2, 0) is 19.1 Å². The zero-order chi connectivity index (χ0) is 10.8. The fourth-order valence-electron chi connectivity index (χ4n) is 0.914. The summed E-state index contributed by atoms with van der Waals surface area (Å²) in [5.74, 6) is 2.10. The molecule has 1 aliphatic heterocycles. The Hall–Kier alpha value is -1.85. The van der Waals surface area contributed by atoms with Crippen molar-refractivity contribution in [1.29, 1.82) is 0 Å². The Morgan fingerprint density at radius 1 is 1.29 bits per heavy atom. The van der Waals surface area contributed by atoms with Gasteiger partial charge in [-0.15, -0.1) is 0 Å². The average Bonchev–Trinajstić information content (AvgIpc) is 2.00. The summed E-state index contributed by atoms with van der Waals surface area (Å²) in [6.45, 7) is 2.94. The maximum Gasteiger partial charge on any atom is 0.348 e. The van der Waals surface area contributed by atoms with Gasteiger partial charge in [-0.2, -0.15) is 5.10 Å². The zero-order valence-electron chi connectivity index (χ0n) is 7.81. The van der Waals surface area contributed by atoms with Crippen LogP contribution in [0.2, 0.25) is 0 Å². The van der Waals surface area contributed by atoms with Gasteiger partial charge in [0.25, 0.3) is 5.79 Å². The lowest BCUT2D eigenvalue weighted by atomic mass is 10.2. The third-order valence-corrected chi connectivity index (χ3v) is 1.44. The summed E-state index contributed by atoms with van der Waals surface area (Å²) in [5.41, 5.74) is -0.224. The van der Waals surface area contributed by atoms with Gasteiger partial charge in [0, 0.05) is 20.1 Å². The summed E-state index contributed by atoms with van der Waals surface area (Å²) >= 11 is 0. The van der Waals surface area contributed by atoms with Crippen LogP contribution >= 0.6 is 0 Å². The zero-order valence-corrected chi connectivity index (χ0v) is 7.81. The average molecular weight is 198 g/mol. The van der Waals surface area contributed by atoms with Gasteiger partial charge in [-0.25, -0.2) is 9.59 Å². The molecular weight excluding hydrogens is 188 g/mol. The SMILES string of the molecule is CC1(C)OC(=O)C(=C/C=N/N)C(=O)O1. The smallest absolute Gasteiger partial charge is 0.348 e. The Balaban J connectivity index is 2.92. The van der Waals surface area contributed by atoms with Crippen LogP contribution in [0.1, 0.15) is 13.8 Å². The van der Waals surface area contributed by atoms with Crippen molar-refractivity contribution in [2.24, 2.45) is 10.9 Å². The molecule has 0 atom stereocenters. The molecule has 0 aliphatic carbocycles. The van der Waals surface area contributed by atoms with Gasteiger partial charge in [0.15, 0.2) is 0 Å². The van der Waals surface area contributed by atoms with Gasteiger partial charge >= 0.3 is 11.9 Å². The van der Waals surface area contributed by atoms with Crippen LogP contribution in [-0.4, -0.2) is 23.9 Å². The predicted molar refractivity (Wildman–Crippen MR) is 47.0 cm³/mol. The predicted octanol–water partition coefficient (Wildman–Crippen LogP) is -0.307. The molecule has 1 aliphatic rings. The molecule has 0 aromatic heterocycles. The van der Waals surface area contributed by atoms with Crippen molar-refractivity contribution in [2.75, 3.05) is 0 Å². The maximum absolute atomic E-state index is 11.2. The highest BCUT2D eigenvalue weighted by atomic mass is 16.7. The van der Waals surface area contributed by atoms with E-state index in [2.05, 4.69) is 5.10 Å². The Labute approximate surface area is 80.4 Å². The van der Waals surface area contributed by atoms with E-state index in [1.165, 1.54) is 13.8 Å². The van der Waals surface area contributed by atoms with Gasteiger partial charge in [0.1, 0.15) is 5.57 Å². The van der Waals surface area contributed by atoms with Gasteiger partial charge in [-0.1, -0.05) is 0 Å². The molecule has 0 aromatic rings. The van der Waals surface area contributed by atoms with Crippen LogP contribution in [0.5, 0.6) is 0 Å². The molecular formula is C8H10N2O4. The lowest BCUT2D eigenvalue weighted by Crippen LogP contribution is -2.41. The molecule has 0 unspecified atom stereocenters. The first kappa shape index (κ1) is 10.2. The van der Waals surface area contributed by atoms with Gasteiger partial charge < -0.3 is 15.3 Å². The molecule has 0 bridgehead atoms. The molecule has 1 rings (SSSR count). The van der Waals surface area contributed by atoms with E-state index in [1.807, 2.05) is 0 Å². The lowest BCUT2D eigenvalue weighted by molar-refractivity contribution is -0.222. The van der Waals surface area contributed by atoms with Crippen molar-refractivity contribution in [2.45, 2.75) is 19.6 Å². The van der Waals surface area contributed by atoms with E-state index < -0.39 is 17.7 Å². The number of hydrogen-bond donors (Lipinski definition) is 1. The highest BCUT2D eigenvalue weighted by Gasteiger charge is 2.38. The van der Waals surface area contributed by atoms with Gasteiger partial charge in [-0.05, 0) is 6.08 Å². The molecule has 0 radical (unpaired) electrons. The number of hydrazone groups is 1. The standard InChI is InChI=1S/C8H10N2O4/c1-8(2)13-6(11)5(3-4-10-9)7(12)14-8/h3-4H,9H2,1-2H3/b10-4+. The first-order valence-electron chi connectivity index (χ1n) is 3.86. The topological polar surface area (TPSA) is 91.0 Å². The van der Waals surface area contributed by atoms with E-state index in [0.717, 1.165) is 12.3 Å². The molecule has 1 heterocycles. The number of carbonyl (C=O) groups excluding carboxylic acids is 2. The molecule has 0 saturated carbocycles. The second kappa shape index (κ2) is 3.49. The van der Waals surface area contributed by atoms with E-state index in [0.29, 0.717) is 0 Å². The first-order chi connectivity index (χ1) is 6.46. The fraction of sp³-hybridized carbons (Fsp3) is 0.375. The molecule has 1 saturated heterocycles. The molecule has 6 nitrogen and oxygen atoms in total. The number of nitrogens with zero attached hydrogens (tertiary/aromatic N) is 1. The minimum absolute atomic E-state index is 0.224. The number of nitrogens with two attached hydrogens (primary N) is 1. The normalized spacial score (nSPS) is 20.6. The molecule has 14 heavy (non-hydrogen) atoms. The van der Waals surface area contributed by atoms with Crippen molar-refractivity contribution in [3.63, 3.8) is 0 Å². The summed E-state index contributed by atoms with van der Waals surface area (Å²) in [6.07, 6.45) is 2.25. The number of hydrogen-bond acceptors (Lipinski definition) is 6. The van der Waals surface area contributed by atoms with Crippen molar-refractivity contribution in [3.05, 3.63) is 11.6 Å². The number of carbonyl (C=O) groups is 2. The van der Waals surface area contributed by atoms with E-state index in [-0.39, 0.29) is 5.57 Å². The Kier molecular flexibility index (Phi) is 2.55. The monoisotopic (exact) mass is 198 g/mol. The number of allylic oxidation sites excluding steroid dienone is 1. The van der Waals surface area contributed by atoms with Gasteiger partial charge in [0.05, 0.1) is 0 Å². The van der Waals surface area contributed by atoms with Crippen LogP contribution in [0.15, 0.2) is 16.8 Å². The molecule has 0 amide bonds. The Bertz CT molecular complexity index is 308. The van der Waals surface area contributed by atoms with E-state index >= 15 is 0 Å². The Morgan fingerprint density at radius 3 is 2.21 bits per heavy atom. The second-order valence-corrected chi connectivity index (χ2v) is 3.06. The van der Waals surface area contributed by atoms with Crippen molar-refractivity contribution < 1.29 is 19.1 Å². The fourth-order valence-corrected chi connectivity index (χ4v) is 0.914. The second-order valence-electron chi connectivity index (χ2n) is 3.06. The summed E-state index contributed by atoms with van der Waals surface area (Å²) in [5, 5.41) is 3.12. The van der Waals surface area contributed by atoms with E-state index in [1.54, 1.807) is 0 Å². The number of esters is 2. The van der Waals surface area contributed by atoms with Crippen LogP contribution in [0.25, 0.3) is 0 Å². The third kappa shape index (κ3) is 2.09. The quantitative estimate of drug-likeness (QED) is 0.156. The van der Waals surface area contributed by atoms with Gasteiger partial charge in [0.2, 0.25) is 0 Å². The molecule has 0 aromatic carbocycles. The van der Waals surface area contributed by atoms with Crippen molar-refractivity contribution in [1.82, 2.24) is 0 Å².